The molecule has 1 amide bonds. The summed E-state index contributed by atoms with van der Waals surface area (Å²) in [5.74, 6) is 0.572. The van der Waals surface area contributed by atoms with Gasteiger partial charge in [0.1, 0.15) is 17.1 Å². The van der Waals surface area contributed by atoms with Gasteiger partial charge >= 0.3 is 0 Å². The molecular formula is C28H24N2O4. The van der Waals surface area contributed by atoms with Gasteiger partial charge in [-0.25, -0.2) is 0 Å². The van der Waals surface area contributed by atoms with Crippen LogP contribution in [0.4, 0.5) is 5.69 Å². The molecule has 0 radical (unpaired) electrons. The monoisotopic (exact) mass is 452 g/mol. The molecule has 0 saturated heterocycles. The molecular weight excluding hydrogens is 428 g/mol. The first-order chi connectivity index (χ1) is 16.5. The van der Waals surface area contributed by atoms with Crippen molar-refractivity contribution in [3.05, 3.63) is 112 Å². The minimum absolute atomic E-state index is 0.0934. The fraction of sp³-hybridized carbons (Fsp3) is 0.143. The zero-order valence-electron chi connectivity index (χ0n) is 18.7. The van der Waals surface area contributed by atoms with Crippen LogP contribution in [0.1, 0.15) is 33.9 Å². The highest BCUT2D eigenvalue weighted by Gasteiger charge is 2.28. The second-order valence-corrected chi connectivity index (χ2v) is 8.30. The largest absolute Gasteiger partial charge is 0.508 e. The van der Waals surface area contributed by atoms with Crippen LogP contribution in [0.2, 0.25) is 0 Å². The van der Waals surface area contributed by atoms with E-state index in [1.165, 1.54) is 0 Å². The summed E-state index contributed by atoms with van der Waals surface area (Å²) in [6.07, 6.45) is 3.33. The minimum atomic E-state index is -0.451. The number of rotatable bonds is 5. The Morgan fingerprint density at radius 3 is 2.56 bits per heavy atom. The molecule has 170 valence electrons. The van der Waals surface area contributed by atoms with Gasteiger partial charge < -0.3 is 19.7 Å². The fourth-order valence-electron chi connectivity index (χ4n) is 4.64. The summed E-state index contributed by atoms with van der Waals surface area (Å²) in [4.78, 5) is 26.2. The van der Waals surface area contributed by atoms with Crippen LogP contribution in [0.3, 0.4) is 0 Å². The molecule has 6 heteroatoms. The normalized spacial score (nSPS) is 14.4. The van der Waals surface area contributed by atoms with Crippen molar-refractivity contribution >= 4 is 11.6 Å². The lowest BCUT2D eigenvalue weighted by Gasteiger charge is -2.17. The third-order valence-electron chi connectivity index (χ3n) is 6.29. The maximum absolute atomic E-state index is 13.3. The topological polar surface area (TPSA) is 80.6 Å². The number of ether oxygens (including phenoxy) is 1. The van der Waals surface area contributed by atoms with Gasteiger partial charge in [0.2, 0.25) is 0 Å². The van der Waals surface area contributed by atoms with Crippen LogP contribution in [0.15, 0.2) is 89.9 Å². The molecule has 34 heavy (non-hydrogen) atoms. The molecule has 1 aliphatic rings. The maximum atomic E-state index is 13.3. The number of benzene rings is 3. The second-order valence-electron chi connectivity index (χ2n) is 8.30. The molecule has 0 aliphatic heterocycles. The zero-order chi connectivity index (χ0) is 23.7. The van der Waals surface area contributed by atoms with Gasteiger partial charge in [0, 0.05) is 11.9 Å². The van der Waals surface area contributed by atoms with E-state index in [4.69, 9.17) is 4.74 Å². The number of aromatic hydroxyl groups is 1. The highest BCUT2D eigenvalue weighted by molar-refractivity contribution is 6.04. The third kappa shape index (κ3) is 3.94. The summed E-state index contributed by atoms with van der Waals surface area (Å²) in [5.41, 5.74) is 4.31. The van der Waals surface area contributed by atoms with Crippen molar-refractivity contribution in [1.82, 2.24) is 4.57 Å². The number of phenolic OH excluding ortho intramolecular Hbond substituents is 1. The molecule has 1 atom stereocenters. The molecule has 1 heterocycles. The van der Waals surface area contributed by atoms with Crippen LogP contribution in [0.25, 0.3) is 11.1 Å². The van der Waals surface area contributed by atoms with Crippen molar-refractivity contribution in [2.24, 2.45) is 0 Å². The molecule has 4 aromatic rings. The number of amides is 1. The molecule has 0 fully saturated rings. The van der Waals surface area contributed by atoms with Gasteiger partial charge in [-0.05, 0) is 77.6 Å². The number of pyridine rings is 1. The molecule has 1 aliphatic carbocycles. The van der Waals surface area contributed by atoms with Gasteiger partial charge in [0.15, 0.2) is 0 Å². The maximum Gasteiger partial charge on any atom is 0.263 e. The van der Waals surface area contributed by atoms with E-state index in [1.54, 1.807) is 60.3 Å². The first-order valence-corrected chi connectivity index (χ1v) is 11.1. The Morgan fingerprint density at radius 1 is 1.00 bits per heavy atom. The molecule has 6 nitrogen and oxygen atoms in total. The van der Waals surface area contributed by atoms with Crippen LogP contribution in [-0.4, -0.2) is 22.7 Å². The first kappa shape index (κ1) is 21.5. The molecule has 3 aromatic carbocycles. The Morgan fingerprint density at radius 2 is 1.79 bits per heavy atom. The fourth-order valence-corrected chi connectivity index (χ4v) is 4.64. The molecule has 2 N–H and O–H groups in total. The van der Waals surface area contributed by atoms with Crippen LogP contribution in [0, 0.1) is 0 Å². The zero-order valence-corrected chi connectivity index (χ0v) is 18.7. The van der Waals surface area contributed by atoms with E-state index in [0.29, 0.717) is 5.69 Å². The van der Waals surface area contributed by atoms with Gasteiger partial charge in [0.25, 0.3) is 11.5 Å². The van der Waals surface area contributed by atoms with E-state index in [1.807, 2.05) is 36.4 Å². The second kappa shape index (κ2) is 8.90. The number of anilines is 1. The van der Waals surface area contributed by atoms with Gasteiger partial charge in [-0.15, -0.1) is 0 Å². The number of methoxy groups -OCH3 is 1. The average Bonchev–Trinajstić information content (AvgIpc) is 3.29. The number of carbonyl (C=O) groups excluding carboxylic acids is 1. The lowest BCUT2D eigenvalue weighted by atomic mass is 10.1. The number of phenols is 1. The number of carbonyl (C=O) groups is 1. The number of nitrogens with zero attached hydrogens (tertiary/aromatic N) is 1. The lowest BCUT2D eigenvalue weighted by molar-refractivity contribution is 0.102. The van der Waals surface area contributed by atoms with Gasteiger partial charge in [-0.3, -0.25) is 9.59 Å². The van der Waals surface area contributed by atoms with Gasteiger partial charge in [0.05, 0.1) is 13.2 Å². The molecule has 0 spiro atoms. The summed E-state index contributed by atoms with van der Waals surface area (Å²) < 4.78 is 7.12. The van der Waals surface area contributed by atoms with Crippen LogP contribution >= 0.6 is 0 Å². The van der Waals surface area contributed by atoms with E-state index in [-0.39, 0.29) is 22.9 Å². The molecule has 0 saturated carbocycles. The van der Waals surface area contributed by atoms with Crippen LogP contribution in [0.5, 0.6) is 11.5 Å². The van der Waals surface area contributed by atoms with Gasteiger partial charge in [-0.1, -0.05) is 36.4 Å². The third-order valence-corrected chi connectivity index (χ3v) is 6.29. The van der Waals surface area contributed by atoms with E-state index in [2.05, 4.69) is 5.32 Å². The average molecular weight is 453 g/mol. The highest BCUT2D eigenvalue weighted by Crippen LogP contribution is 2.38. The molecule has 1 unspecified atom stereocenters. The van der Waals surface area contributed by atoms with Crippen molar-refractivity contribution in [3.63, 3.8) is 0 Å². The predicted octanol–water partition coefficient (Wildman–Crippen LogP) is 5.02. The smallest absolute Gasteiger partial charge is 0.263 e. The lowest BCUT2D eigenvalue weighted by Crippen LogP contribution is -2.30. The van der Waals surface area contributed by atoms with E-state index < -0.39 is 5.91 Å². The number of hydrogen-bond donors (Lipinski definition) is 2. The Balaban J connectivity index is 1.38. The van der Waals surface area contributed by atoms with E-state index >= 15 is 0 Å². The van der Waals surface area contributed by atoms with Crippen LogP contribution < -0.4 is 15.6 Å². The summed E-state index contributed by atoms with van der Waals surface area (Å²) in [7, 11) is 1.65. The Hall–Kier alpha value is -4.32. The van der Waals surface area contributed by atoms with E-state index in [0.717, 1.165) is 40.8 Å². The molecule has 5 rings (SSSR count). The van der Waals surface area contributed by atoms with Crippen molar-refractivity contribution in [2.75, 3.05) is 12.4 Å². The number of aromatic nitrogens is 1. The Bertz CT molecular complexity index is 1420. The van der Waals surface area contributed by atoms with Crippen molar-refractivity contribution in [2.45, 2.75) is 18.9 Å². The highest BCUT2D eigenvalue weighted by atomic mass is 16.5. The predicted molar refractivity (Wildman–Crippen MR) is 132 cm³/mol. The van der Waals surface area contributed by atoms with Crippen molar-refractivity contribution in [3.8, 4) is 22.6 Å². The van der Waals surface area contributed by atoms with Crippen molar-refractivity contribution < 1.29 is 14.6 Å². The standard InChI is InChI=1S/C28H24N2O4/c1-34-26-9-3-7-22-23(26)14-15-25(22)30-16-4-8-24(28(30)33)27(32)29-20-12-10-18(11-13-20)19-5-2-6-21(31)17-19/h2-13,16-17,25,31H,14-15H2,1H3,(H,29,32). The Labute approximate surface area is 197 Å². The quantitative estimate of drug-likeness (QED) is 0.446. The van der Waals surface area contributed by atoms with E-state index in [9.17, 15) is 14.7 Å². The Kier molecular flexibility index (Phi) is 5.64. The van der Waals surface area contributed by atoms with Gasteiger partial charge in [-0.2, -0.15) is 0 Å². The number of hydrogen-bond acceptors (Lipinski definition) is 4. The summed E-state index contributed by atoms with van der Waals surface area (Å²) >= 11 is 0. The summed E-state index contributed by atoms with van der Waals surface area (Å²) in [6, 6.07) is 23.3. The van der Waals surface area contributed by atoms with Crippen LogP contribution in [-0.2, 0) is 6.42 Å². The molecule has 1 aromatic heterocycles. The number of nitrogens with one attached hydrogen (secondary N) is 1. The van der Waals surface area contributed by atoms with Crippen molar-refractivity contribution in [1.29, 1.82) is 0 Å². The minimum Gasteiger partial charge on any atom is -0.508 e. The molecule has 0 bridgehead atoms. The SMILES string of the molecule is COc1cccc2c1CCC2n1cccc(C(=O)Nc2ccc(-c3cccc(O)c3)cc2)c1=O. The number of fused-ring (bicyclic) bond motifs is 1. The summed E-state index contributed by atoms with van der Waals surface area (Å²) in [5, 5.41) is 12.5. The first-order valence-electron chi connectivity index (χ1n) is 11.1. The summed E-state index contributed by atoms with van der Waals surface area (Å²) in [6.45, 7) is 0.